The monoisotopic (exact) mass is 256 g/mol. The van der Waals surface area contributed by atoms with Crippen molar-refractivity contribution < 1.29 is 4.79 Å². The molecule has 0 spiro atoms. The summed E-state index contributed by atoms with van der Waals surface area (Å²) < 4.78 is 2.20. The smallest absolute Gasteiger partial charge is 0.251 e. The first-order valence-electron chi connectivity index (χ1n) is 7.04. The molecule has 1 amide bonds. The van der Waals surface area contributed by atoms with Crippen LogP contribution in [0.3, 0.4) is 0 Å². The molecule has 1 fully saturated rings. The molecule has 1 aromatic heterocycles. The van der Waals surface area contributed by atoms with Crippen molar-refractivity contribution in [1.82, 2.24) is 9.88 Å². The fraction of sp³-hybridized carbons (Fsp3) is 0.438. The van der Waals surface area contributed by atoms with Gasteiger partial charge in [-0.25, -0.2) is 0 Å². The molecule has 2 aromatic rings. The second-order valence-corrected chi connectivity index (χ2v) is 5.74. The standard InChI is InChI=1S/C16H20N2O/c1-11(2)18-8-7-13-5-6-14(9-15(13)18)16(19)17-10-12-3-4-12/h5-9,11-12H,3-4,10H2,1-2H3,(H,17,19). The van der Waals surface area contributed by atoms with Crippen LogP contribution in [-0.4, -0.2) is 17.0 Å². The van der Waals surface area contributed by atoms with Gasteiger partial charge in [-0.05, 0) is 56.2 Å². The molecule has 0 radical (unpaired) electrons. The Labute approximate surface area is 113 Å². The minimum Gasteiger partial charge on any atom is -0.352 e. The van der Waals surface area contributed by atoms with Crippen molar-refractivity contribution in [1.29, 1.82) is 0 Å². The van der Waals surface area contributed by atoms with Gasteiger partial charge in [0.25, 0.3) is 5.91 Å². The zero-order valence-corrected chi connectivity index (χ0v) is 11.5. The summed E-state index contributed by atoms with van der Waals surface area (Å²) in [4.78, 5) is 12.1. The third-order valence-corrected chi connectivity index (χ3v) is 3.79. The van der Waals surface area contributed by atoms with E-state index in [4.69, 9.17) is 0 Å². The molecular formula is C16H20N2O. The van der Waals surface area contributed by atoms with Crippen molar-refractivity contribution in [2.45, 2.75) is 32.7 Å². The molecule has 0 atom stereocenters. The topological polar surface area (TPSA) is 34.0 Å². The van der Waals surface area contributed by atoms with E-state index in [1.54, 1.807) is 0 Å². The maximum Gasteiger partial charge on any atom is 0.251 e. The zero-order chi connectivity index (χ0) is 13.4. The van der Waals surface area contributed by atoms with Crippen molar-refractivity contribution in [2.75, 3.05) is 6.54 Å². The summed E-state index contributed by atoms with van der Waals surface area (Å²) in [6.45, 7) is 5.13. The van der Waals surface area contributed by atoms with E-state index in [0.717, 1.165) is 17.6 Å². The molecule has 3 rings (SSSR count). The van der Waals surface area contributed by atoms with Gasteiger partial charge < -0.3 is 9.88 Å². The Hall–Kier alpha value is -1.77. The molecule has 3 nitrogen and oxygen atoms in total. The van der Waals surface area contributed by atoms with E-state index < -0.39 is 0 Å². The van der Waals surface area contributed by atoms with Crippen LogP contribution < -0.4 is 5.32 Å². The van der Waals surface area contributed by atoms with E-state index in [0.29, 0.717) is 12.0 Å². The quantitative estimate of drug-likeness (QED) is 0.894. The van der Waals surface area contributed by atoms with Crippen LogP contribution in [0.4, 0.5) is 0 Å². The van der Waals surface area contributed by atoms with Crippen molar-refractivity contribution in [3.63, 3.8) is 0 Å². The molecule has 100 valence electrons. The number of fused-ring (bicyclic) bond motifs is 1. The summed E-state index contributed by atoms with van der Waals surface area (Å²) in [7, 11) is 0. The normalized spacial score (nSPS) is 15.1. The third-order valence-electron chi connectivity index (χ3n) is 3.79. The molecule has 0 unspecified atom stereocenters. The predicted octanol–water partition coefficient (Wildman–Crippen LogP) is 3.36. The first-order valence-corrected chi connectivity index (χ1v) is 7.04. The molecule has 0 bridgehead atoms. The van der Waals surface area contributed by atoms with Gasteiger partial charge in [-0.3, -0.25) is 4.79 Å². The average Bonchev–Trinajstić information content (AvgIpc) is 3.12. The van der Waals surface area contributed by atoms with Gasteiger partial charge in [0.15, 0.2) is 0 Å². The van der Waals surface area contributed by atoms with Gasteiger partial charge >= 0.3 is 0 Å². The average molecular weight is 256 g/mol. The molecule has 0 saturated heterocycles. The van der Waals surface area contributed by atoms with E-state index in [1.165, 1.54) is 18.2 Å². The third kappa shape index (κ3) is 2.50. The van der Waals surface area contributed by atoms with E-state index in [1.807, 2.05) is 18.2 Å². The van der Waals surface area contributed by atoms with E-state index in [9.17, 15) is 4.79 Å². The molecule has 1 aliphatic carbocycles. The number of carbonyl (C=O) groups is 1. The lowest BCUT2D eigenvalue weighted by Crippen LogP contribution is -2.25. The Morgan fingerprint density at radius 3 is 2.84 bits per heavy atom. The number of nitrogens with zero attached hydrogens (tertiary/aromatic N) is 1. The van der Waals surface area contributed by atoms with Crippen molar-refractivity contribution in [2.24, 2.45) is 5.92 Å². The predicted molar refractivity (Wildman–Crippen MR) is 77.4 cm³/mol. The Bertz CT molecular complexity index is 608. The van der Waals surface area contributed by atoms with E-state index >= 15 is 0 Å². The van der Waals surface area contributed by atoms with Gasteiger partial charge in [0.1, 0.15) is 0 Å². The lowest BCUT2D eigenvalue weighted by Gasteiger charge is -2.10. The summed E-state index contributed by atoms with van der Waals surface area (Å²) in [5.74, 6) is 0.762. The van der Waals surface area contributed by atoms with Crippen LogP contribution in [0.15, 0.2) is 30.5 Å². The van der Waals surface area contributed by atoms with Crippen molar-refractivity contribution in [3.8, 4) is 0 Å². The Morgan fingerprint density at radius 2 is 2.16 bits per heavy atom. The second kappa shape index (κ2) is 4.72. The largest absolute Gasteiger partial charge is 0.352 e. The molecule has 1 aliphatic rings. The molecule has 1 aromatic carbocycles. The molecule has 3 heteroatoms. The second-order valence-electron chi connectivity index (χ2n) is 5.74. The number of benzene rings is 1. The summed E-state index contributed by atoms with van der Waals surface area (Å²) in [5.41, 5.74) is 1.89. The summed E-state index contributed by atoms with van der Waals surface area (Å²) in [5, 5.41) is 4.21. The van der Waals surface area contributed by atoms with Crippen LogP contribution in [0.25, 0.3) is 10.9 Å². The van der Waals surface area contributed by atoms with Crippen molar-refractivity contribution >= 4 is 16.8 Å². The van der Waals surface area contributed by atoms with Crippen LogP contribution in [0.2, 0.25) is 0 Å². The van der Waals surface area contributed by atoms with Gasteiger partial charge in [0, 0.05) is 29.9 Å². The maximum absolute atomic E-state index is 12.1. The number of hydrogen-bond donors (Lipinski definition) is 1. The van der Waals surface area contributed by atoms with Gasteiger partial charge in [0.2, 0.25) is 0 Å². The fourth-order valence-corrected chi connectivity index (χ4v) is 2.40. The lowest BCUT2D eigenvalue weighted by atomic mass is 10.1. The molecule has 19 heavy (non-hydrogen) atoms. The van der Waals surface area contributed by atoms with Crippen LogP contribution in [-0.2, 0) is 0 Å². The highest BCUT2D eigenvalue weighted by Crippen LogP contribution is 2.27. The number of rotatable bonds is 4. The summed E-state index contributed by atoms with van der Waals surface area (Å²) in [6.07, 6.45) is 4.60. The highest BCUT2D eigenvalue weighted by molar-refractivity contribution is 5.98. The highest BCUT2D eigenvalue weighted by Gasteiger charge is 2.22. The molecule has 0 aliphatic heterocycles. The molecule has 1 saturated carbocycles. The number of carbonyl (C=O) groups excluding carboxylic acids is 1. The van der Waals surface area contributed by atoms with Crippen LogP contribution >= 0.6 is 0 Å². The zero-order valence-electron chi connectivity index (χ0n) is 11.5. The molecule has 1 N–H and O–H groups in total. The first kappa shape index (κ1) is 12.3. The van der Waals surface area contributed by atoms with Gasteiger partial charge in [-0.2, -0.15) is 0 Å². The van der Waals surface area contributed by atoms with Crippen LogP contribution in [0, 0.1) is 5.92 Å². The minimum atomic E-state index is 0.0466. The minimum absolute atomic E-state index is 0.0466. The lowest BCUT2D eigenvalue weighted by molar-refractivity contribution is 0.0952. The van der Waals surface area contributed by atoms with Gasteiger partial charge in [0.05, 0.1) is 0 Å². The number of hydrogen-bond acceptors (Lipinski definition) is 1. The Morgan fingerprint density at radius 1 is 1.37 bits per heavy atom. The Balaban J connectivity index is 1.86. The van der Waals surface area contributed by atoms with E-state index in [-0.39, 0.29) is 5.91 Å². The van der Waals surface area contributed by atoms with Crippen molar-refractivity contribution in [3.05, 3.63) is 36.0 Å². The highest BCUT2D eigenvalue weighted by atomic mass is 16.1. The first-order chi connectivity index (χ1) is 9.15. The Kier molecular flexibility index (Phi) is 3.05. The molecule has 1 heterocycles. The van der Waals surface area contributed by atoms with E-state index in [2.05, 4.69) is 36.0 Å². The van der Waals surface area contributed by atoms with Gasteiger partial charge in [-0.1, -0.05) is 6.07 Å². The van der Waals surface area contributed by atoms with Crippen LogP contribution in [0.1, 0.15) is 43.1 Å². The SMILES string of the molecule is CC(C)n1ccc2ccc(C(=O)NCC3CC3)cc21. The summed E-state index contributed by atoms with van der Waals surface area (Å²) >= 11 is 0. The number of amides is 1. The fourth-order valence-electron chi connectivity index (χ4n) is 2.40. The summed E-state index contributed by atoms with van der Waals surface area (Å²) in [6, 6.07) is 8.44. The number of aromatic nitrogens is 1. The van der Waals surface area contributed by atoms with Gasteiger partial charge in [-0.15, -0.1) is 0 Å². The maximum atomic E-state index is 12.1. The van der Waals surface area contributed by atoms with Crippen LogP contribution in [0.5, 0.6) is 0 Å². The number of nitrogens with one attached hydrogen (secondary N) is 1. The molecular weight excluding hydrogens is 236 g/mol.